The minimum atomic E-state index is -1.20. The molecule has 84 valence electrons. The van der Waals surface area contributed by atoms with Gasteiger partial charge in [0.2, 0.25) is 12.3 Å². The maximum absolute atomic E-state index is 11.0. The smallest absolute Gasteiger partial charge is 0.326 e. The molecule has 7 nitrogen and oxygen atoms in total. The molecule has 3 N–H and O–H groups in total. The number of nitrogens with one attached hydrogen (secondary N) is 2. The highest BCUT2D eigenvalue weighted by atomic mass is 16.4. The molecule has 0 radical (unpaired) electrons. The average molecular weight is 216 g/mol. The number of amides is 2. The summed E-state index contributed by atoms with van der Waals surface area (Å²) in [6.45, 7) is -0.0995. The third-order valence-electron chi connectivity index (χ3n) is 1.61. The number of rotatable bonds is 8. The molecule has 0 aliphatic carbocycles. The van der Waals surface area contributed by atoms with E-state index in [2.05, 4.69) is 10.6 Å². The van der Waals surface area contributed by atoms with E-state index in [1.165, 1.54) is 0 Å². The summed E-state index contributed by atoms with van der Waals surface area (Å²) in [5, 5.41) is 12.9. The molecule has 1 atom stereocenters. The second-order valence-corrected chi connectivity index (χ2v) is 2.68. The van der Waals surface area contributed by atoms with Crippen LogP contribution in [-0.2, 0) is 19.2 Å². The van der Waals surface area contributed by atoms with Crippen molar-refractivity contribution in [2.24, 2.45) is 0 Å². The monoisotopic (exact) mass is 216 g/mol. The molecular formula is C8H12N2O5. The highest BCUT2D eigenvalue weighted by molar-refractivity contribution is 5.80. The first-order chi connectivity index (χ1) is 7.11. The van der Waals surface area contributed by atoms with Gasteiger partial charge in [-0.2, -0.15) is 0 Å². The number of aldehydes is 1. The quantitative estimate of drug-likeness (QED) is 0.418. The van der Waals surface area contributed by atoms with E-state index in [9.17, 15) is 19.2 Å². The van der Waals surface area contributed by atoms with Crippen LogP contribution in [0.25, 0.3) is 0 Å². The molecule has 0 saturated heterocycles. The van der Waals surface area contributed by atoms with E-state index in [4.69, 9.17) is 5.11 Å². The van der Waals surface area contributed by atoms with Gasteiger partial charge in [0.15, 0.2) is 0 Å². The lowest BCUT2D eigenvalue weighted by Crippen LogP contribution is -2.37. The zero-order chi connectivity index (χ0) is 11.7. The van der Waals surface area contributed by atoms with Crippen LogP contribution in [-0.4, -0.2) is 42.3 Å². The molecule has 0 spiro atoms. The topological polar surface area (TPSA) is 113 Å². The number of aliphatic carboxylic acids is 1. The fraction of sp³-hybridized carbons (Fsp3) is 0.500. The second kappa shape index (κ2) is 7.48. The molecule has 0 saturated carbocycles. The summed E-state index contributed by atoms with van der Waals surface area (Å²) >= 11 is 0. The molecule has 0 aliphatic heterocycles. The van der Waals surface area contributed by atoms with Gasteiger partial charge in [-0.05, 0) is 6.42 Å². The fourth-order valence-corrected chi connectivity index (χ4v) is 0.880. The summed E-state index contributed by atoms with van der Waals surface area (Å²) < 4.78 is 0. The number of hydrogen-bond acceptors (Lipinski definition) is 4. The lowest BCUT2D eigenvalue weighted by Gasteiger charge is -2.09. The van der Waals surface area contributed by atoms with Crippen molar-refractivity contribution in [1.29, 1.82) is 0 Å². The van der Waals surface area contributed by atoms with E-state index >= 15 is 0 Å². The van der Waals surface area contributed by atoms with Gasteiger partial charge < -0.3 is 20.5 Å². The molecular weight excluding hydrogens is 204 g/mol. The molecule has 15 heavy (non-hydrogen) atoms. The normalized spacial score (nSPS) is 11.2. The summed E-state index contributed by atoms with van der Waals surface area (Å²) in [6, 6.07) is -1.08. The van der Waals surface area contributed by atoms with E-state index in [1.54, 1.807) is 0 Å². The van der Waals surface area contributed by atoms with E-state index in [1.807, 2.05) is 0 Å². The Hall–Kier alpha value is -1.92. The number of carbonyl (C=O) groups excluding carboxylic acids is 3. The van der Waals surface area contributed by atoms with Gasteiger partial charge in [-0.15, -0.1) is 0 Å². The second-order valence-electron chi connectivity index (χ2n) is 2.68. The van der Waals surface area contributed by atoms with Gasteiger partial charge in [-0.1, -0.05) is 0 Å². The Morgan fingerprint density at radius 1 is 1.33 bits per heavy atom. The first kappa shape index (κ1) is 13.1. The summed E-state index contributed by atoms with van der Waals surface area (Å²) in [7, 11) is 0. The molecule has 2 amide bonds. The van der Waals surface area contributed by atoms with Crippen LogP contribution in [0.15, 0.2) is 0 Å². The van der Waals surface area contributed by atoms with Crippen LogP contribution < -0.4 is 10.6 Å². The largest absolute Gasteiger partial charge is 0.480 e. The average Bonchev–Trinajstić information content (AvgIpc) is 2.20. The van der Waals surface area contributed by atoms with Crippen LogP contribution in [0.5, 0.6) is 0 Å². The lowest BCUT2D eigenvalue weighted by molar-refractivity contribution is -0.140. The number of hydrogen-bond donors (Lipinski definition) is 3. The van der Waals surface area contributed by atoms with Gasteiger partial charge in [-0.3, -0.25) is 9.59 Å². The van der Waals surface area contributed by atoms with Crippen molar-refractivity contribution >= 4 is 24.6 Å². The first-order valence-corrected chi connectivity index (χ1v) is 4.24. The predicted molar refractivity (Wildman–Crippen MR) is 48.9 cm³/mol. The summed E-state index contributed by atoms with van der Waals surface area (Å²) in [5.74, 6) is -1.63. The van der Waals surface area contributed by atoms with Gasteiger partial charge in [-0.25, -0.2) is 4.79 Å². The maximum atomic E-state index is 11.0. The van der Waals surface area contributed by atoms with Gasteiger partial charge in [0.1, 0.15) is 12.3 Å². The van der Waals surface area contributed by atoms with E-state index < -0.39 is 17.9 Å². The SMILES string of the molecule is O=CCNC(=O)CCC(NC=O)C(=O)O. The van der Waals surface area contributed by atoms with Crippen molar-refractivity contribution in [2.45, 2.75) is 18.9 Å². The molecule has 0 bridgehead atoms. The molecule has 7 heteroatoms. The summed E-state index contributed by atoms with van der Waals surface area (Å²) in [6.07, 6.45) is 0.711. The van der Waals surface area contributed by atoms with Crippen molar-refractivity contribution in [3.8, 4) is 0 Å². The van der Waals surface area contributed by atoms with Crippen molar-refractivity contribution in [3.05, 3.63) is 0 Å². The highest BCUT2D eigenvalue weighted by Gasteiger charge is 2.17. The number of carbonyl (C=O) groups is 4. The third-order valence-corrected chi connectivity index (χ3v) is 1.61. The summed E-state index contributed by atoms with van der Waals surface area (Å²) in [4.78, 5) is 41.4. The molecule has 0 aromatic rings. The Balaban J connectivity index is 3.87. The predicted octanol–water partition coefficient (Wildman–Crippen LogP) is -1.72. The van der Waals surface area contributed by atoms with Crippen LogP contribution in [0.2, 0.25) is 0 Å². The van der Waals surface area contributed by atoms with Crippen LogP contribution >= 0.6 is 0 Å². The Bertz CT molecular complexity index is 253. The van der Waals surface area contributed by atoms with Gasteiger partial charge in [0.25, 0.3) is 0 Å². The van der Waals surface area contributed by atoms with Gasteiger partial charge >= 0.3 is 5.97 Å². The van der Waals surface area contributed by atoms with Crippen LogP contribution in [0.4, 0.5) is 0 Å². The fourth-order valence-electron chi connectivity index (χ4n) is 0.880. The van der Waals surface area contributed by atoms with Crippen molar-refractivity contribution in [3.63, 3.8) is 0 Å². The Labute approximate surface area is 85.8 Å². The van der Waals surface area contributed by atoms with Gasteiger partial charge in [0.05, 0.1) is 6.54 Å². The minimum absolute atomic E-state index is 0.0151. The standard InChI is InChI=1S/C8H12N2O5/c11-4-3-9-7(13)2-1-6(8(14)15)10-5-12/h4-6H,1-3H2,(H,9,13)(H,10,12)(H,14,15). The van der Waals surface area contributed by atoms with E-state index in [0.717, 1.165) is 0 Å². The molecule has 1 unspecified atom stereocenters. The Morgan fingerprint density at radius 2 is 2.00 bits per heavy atom. The van der Waals surface area contributed by atoms with Crippen LogP contribution in [0.1, 0.15) is 12.8 Å². The van der Waals surface area contributed by atoms with Crippen molar-refractivity contribution in [2.75, 3.05) is 6.54 Å². The molecule has 0 fully saturated rings. The number of carboxylic acid groups (broad SMARTS) is 1. The van der Waals surface area contributed by atoms with Crippen LogP contribution in [0, 0.1) is 0 Å². The molecule has 0 aromatic carbocycles. The van der Waals surface area contributed by atoms with Crippen molar-refractivity contribution in [1.82, 2.24) is 10.6 Å². The minimum Gasteiger partial charge on any atom is -0.480 e. The zero-order valence-corrected chi connectivity index (χ0v) is 7.93. The Kier molecular flexibility index (Phi) is 6.52. The zero-order valence-electron chi connectivity index (χ0n) is 7.93. The Morgan fingerprint density at radius 3 is 2.47 bits per heavy atom. The lowest BCUT2D eigenvalue weighted by atomic mass is 10.1. The first-order valence-electron chi connectivity index (χ1n) is 4.24. The number of carboxylic acids is 1. The molecule has 0 aromatic heterocycles. The van der Waals surface area contributed by atoms with Crippen molar-refractivity contribution < 1.29 is 24.3 Å². The van der Waals surface area contributed by atoms with Crippen LogP contribution in [0.3, 0.4) is 0 Å². The third kappa shape index (κ3) is 6.19. The van der Waals surface area contributed by atoms with E-state index in [0.29, 0.717) is 6.29 Å². The summed E-state index contributed by atoms with van der Waals surface area (Å²) in [5.41, 5.74) is 0. The molecule has 0 aliphatic rings. The van der Waals surface area contributed by atoms with E-state index in [-0.39, 0.29) is 25.8 Å². The molecule has 0 heterocycles. The van der Waals surface area contributed by atoms with Gasteiger partial charge in [0, 0.05) is 6.42 Å². The maximum Gasteiger partial charge on any atom is 0.326 e. The highest BCUT2D eigenvalue weighted by Crippen LogP contribution is 1.96. The molecule has 0 rings (SSSR count).